The predicted octanol–water partition coefficient (Wildman–Crippen LogP) is 3.92. The second kappa shape index (κ2) is 21.6. The number of aliphatic hydroxyl groups excluding tert-OH is 2. The zero-order chi connectivity index (χ0) is 37.3. The lowest BCUT2D eigenvalue weighted by Crippen LogP contribution is -2.57. The summed E-state index contributed by atoms with van der Waals surface area (Å²) in [7, 11) is 2.79. The molecule has 0 aliphatic heterocycles. The molecule has 278 valence electrons. The summed E-state index contributed by atoms with van der Waals surface area (Å²) in [4.78, 5) is 43.6. The molecule has 1 fully saturated rings. The summed E-state index contributed by atoms with van der Waals surface area (Å²) >= 11 is 0. The lowest BCUT2D eigenvalue weighted by atomic mass is 9.82. The van der Waals surface area contributed by atoms with Crippen molar-refractivity contribution in [2.45, 2.75) is 108 Å². The number of hydrogen-bond acceptors (Lipinski definition) is 6. The summed E-state index contributed by atoms with van der Waals surface area (Å²) < 4.78 is 38.4. The Morgan fingerprint density at radius 2 is 1.66 bits per heavy atom. The second-order valence-electron chi connectivity index (χ2n) is 13.6. The zero-order valence-electron chi connectivity index (χ0n) is 29.6. The largest absolute Gasteiger partial charge is 0.401 e. The monoisotopic (exact) mass is 704 g/mol. The van der Waals surface area contributed by atoms with E-state index in [1.54, 1.807) is 19.1 Å². The molecule has 1 aromatic rings. The van der Waals surface area contributed by atoms with Crippen LogP contribution < -0.4 is 10.6 Å². The third-order valence-corrected chi connectivity index (χ3v) is 9.48. The first-order chi connectivity index (χ1) is 23.7. The van der Waals surface area contributed by atoms with E-state index in [-0.39, 0.29) is 44.7 Å². The van der Waals surface area contributed by atoms with Crippen molar-refractivity contribution in [2.75, 3.05) is 33.7 Å². The second-order valence-corrected chi connectivity index (χ2v) is 13.6. The molecule has 4 N–H and O–H groups in total. The molecule has 0 saturated heterocycles. The van der Waals surface area contributed by atoms with Gasteiger partial charge in [0.05, 0.1) is 24.6 Å². The number of alkyl halides is 3. The third-order valence-electron chi connectivity index (χ3n) is 9.48. The van der Waals surface area contributed by atoms with Crippen LogP contribution in [0.25, 0.3) is 0 Å². The molecule has 1 aliphatic carbocycles. The van der Waals surface area contributed by atoms with Crippen LogP contribution in [-0.2, 0) is 20.8 Å². The van der Waals surface area contributed by atoms with E-state index >= 15 is 0 Å². The van der Waals surface area contributed by atoms with Gasteiger partial charge in [-0.05, 0) is 44.2 Å². The number of carbonyl (C=O) groups excluding carboxylic acids is 3. The van der Waals surface area contributed by atoms with Crippen LogP contribution in [0.4, 0.5) is 13.2 Å². The minimum atomic E-state index is -4.37. The van der Waals surface area contributed by atoms with Gasteiger partial charge in [-0.1, -0.05) is 69.4 Å². The minimum Gasteiger partial charge on any atom is -0.390 e. The Labute approximate surface area is 295 Å². The molecule has 1 saturated carbocycles. The zero-order valence-corrected chi connectivity index (χ0v) is 29.6. The van der Waals surface area contributed by atoms with Crippen LogP contribution in [0.15, 0.2) is 30.3 Å². The van der Waals surface area contributed by atoms with Gasteiger partial charge >= 0.3 is 6.18 Å². The van der Waals surface area contributed by atoms with Gasteiger partial charge < -0.3 is 25.7 Å². The van der Waals surface area contributed by atoms with Gasteiger partial charge in [-0.3, -0.25) is 19.3 Å². The Morgan fingerprint density at radius 1 is 1.00 bits per heavy atom. The maximum absolute atomic E-state index is 14.0. The van der Waals surface area contributed by atoms with Crippen molar-refractivity contribution in [2.24, 2.45) is 17.8 Å². The molecule has 2 rings (SSSR count). The summed E-state index contributed by atoms with van der Waals surface area (Å²) in [6.45, 7) is 0.659. The van der Waals surface area contributed by atoms with E-state index in [1.165, 1.54) is 19.0 Å². The fraction of sp³-hybridized carbons (Fsp3) is 0.658. The van der Waals surface area contributed by atoms with Crippen LogP contribution in [0.5, 0.6) is 0 Å². The molecule has 0 radical (unpaired) electrons. The van der Waals surface area contributed by atoms with Crippen molar-refractivity contribution in [3.63, 3.8) is 0 Å². The molecule has 12 heteroatoms. The quantitative estimate of drug-likeness (QED) is 0.153. The highest BCUT2D eigenvalue weighted by atomic mass is 19.4. The molecule has 0 heterocycles. The van der Waals surface area contributed by atoms with Crippen molar-refractivity contribution < 1.29 is 37.8 Å². The van der Waals surface area contributed by atoms with E-state index in [1.807, 2.05) is 18.2 Å². The third kappa shape index (κ3) is 15.1. The molecular weight excluding hydrogens is 649 g/mol. The highest BCUT2D eigenvalue weighted by Crippen LogP contribution is 2.29. The summed E-state index contributed by atoms with van der Waals surface area (Å²) in [5, 5.41) is 27.6. The number of benzene rings is 1. The van der Waals surface area contributed by atoms with E-state index in [4.69, 9.17) is 12.8 Å². The molecule has 3 amide bonds. The molecule has 1 aromatic carbocycles. The molecule has 1 unspecified atom stereocenters. The van der Waals surface area contributed by atoms with Crippen molar-refractivity contribution in [1.82, 2.24) is 20.4 Å². The molecule has 50 heavy (non-hydrogen) atoms. The predicted molar refractivity (Wildman–Crippen MR) is 187 cm³/mol. The Kier molecular flexibility index (Phi) is 18.4. The van der Waals surface area contributed by atoms with Crippen LogP contribution in [0.3, 0.4) is 0 Å². The number of hydrogen-bond donors (Lipinski definition) is 4. The van der Waals surface area contributed by atoms with Crippen molar-refractivity contribution >= 4 is 17.7 Å². The maximum atomic E-state index is 14.0. The Morgan fingerprint density at radius 3 is 2.24 bits per heavy atom. The first-order valence-corrected chi connectivity index (χ1v) is 17.6. The normalized spacial score (nSPS) is 17.3. The highest BCUT2D eigenvalue weighted by molar-refractivity contribution is 5.91. The first kappa shape index (κ1) is 42.6. The minimum absolute atomic E-state index is 0.0169. The lowest BCUT2D eigenvalue weighted by molar-refractivity contribution is -0.144. The van der Waals surface area contributed by atoms with Gasteiger partial charge in [-0.15, -0.1) is 24.7 Å². The number of aliphatic hydroxyl groups is 2. The number of rotatable bonds is 20. The molecule has 0 spiro atoms. The molecular formula is C38H55F3N4O5. The highest BCUT2D eigenvalue weighted by Gasteiger charge is 2.36. The Balaban J connectivity index is 2.29. The molecule has 1 aliphatic rings. The van der Waals surface area contributed by atoms with Gasteiger partial charge in [0.2, 0.25) is 17.7 Å². The Bertz CT molecular complexity index is 1280. The van der Waals surface area contributed by atoms with Crippen LogP contribution in [0.2, 0.25) is 0 Å². The van der Waals surface area contributed by atoms with Crippen LogP contribution in [-0.4, -0.2) is 102 Å². The van der Waals surface area contributed by atoms with E-state index in [0.717, 1.165) is 42.6 Å². The Hall–Kier alpha value is -3.58. The van der Waals surface area contributed by atoms with Gasteiger partial charge in [0.15, 0.2) is 0 Å². The van der Waals surface area contributed by atoms with E-state index in [0.29, 0.717) is 12.8 Å². The number of nitrogens with one attached hydrogen (secondary N) is 2. The van der Waals surface area contributed by atoms with Crippen molar-refractivity contribution in [1.29, 1.82) is 0 Å². The molecule has 6 atom stereocenters. The van der Waals surface area contributed by atoms with E-state index in [9.17, 15) is 37.8 Å². The SMILES string of the molecule is C#CCC[C@H](O)[C@H](O)[C@H](CC1CCCCC1)NC(=O)[C@@H](NC(=O)[C@@H](CC(=O)N(C)CCN(C)CC(F)(F)F)Cc1ccccc1)C(C#C)CC. The number of carbonyl (C=O) groups is 3. The van der Waals surface area contributed by atoms with E-state index < -0.39 is 66.6 Å². The average Bonchev–Trinajstić information content (AvgIpc) is 3.08. The number of terminal acetylenes is 2. The van der Waals surface area contributed by atoms with Crippen LogP contribution >= 0.6 is 0 Å². The molecule has 0 aromatic heterocycles. The smallest absolute Gasteiger partial charge is 0.390 e. The van der Waals surface area contributed by atoms with Gasteiger partial charge in [-0.2, -0.15) is 13.2 Å². The number of nitrogens with zero attached hydrogens (tertiary/aromatic N) is 2. The summed E-state index contributed by atoms with van der Waals surface area (Å²) in [5.41, 5.74) is 0.773. The first-order valence-electron chi connectivity index (χ1n) is 17.6. The topological polar surface area (TPSA) is 122 Å². The fourth-order valence-electron chi connectivity index (χ4n) is 6.43. The van der Waals surface area contributed by atoms with Crippen LogP contribution in [0, 0.1) is 42.4 Å². The van der Waals surface area contributed by atoms with Gasteiger partial charge in [-0.25, -0.2) is 0 Å². The summed E-state index contributed by atoms with van der Waals surface area (Å²) in [6, 6.07) is 7.00. The van der Waals surface area contributed by atoms with Gasteiger partial charge in [0.1, 0.15) is 12.1 Å². The summed E-state index contributed by atoms with van der Waals surface area (Å²) in [6.07, 6.45) is 10.5. The van der Waals surface area contributed by atoms with E-state index in [2.05, 4.69) is 22.5 Å². The van der Waals surface area contributed by atoms with Gasteiger partial charge in [0.25, 0.3) is 0 Å². The molecule has 0 bridgehead atoms. The number of halogens is 3. The molecule has 9 nitrogen and oxygen atoms in total. The lowest BCUT2D eigenvalue weighted by Gasteiger charge is -2.34. The summed E-state index contributed by atoms with van der Waals surface area (Å²) in [5.74, 6) is 1.99. The van der Waals surface area contributed by atoms with Crippen LogP contribution in [0.1, 0.15) is 76.7 Å². The van der Waals surface area contributed by atoms with Crippen molar-refractivity contribution in [3.05, 3.63) is 35.9 Å². The van der Waals surface area contributed by atoms with Gasteiger partial charge in [0, 0.05) is 38.9 Å². The fourth-order valence-corrected chi connectivity index (χ4v) is 6.43. The van der Waals surface area contributed by atoms with Crippen molar-refractivity contribution in [3.8, 4) is 24.7 Å². The standard InChI is InChI=1S/C38H55F3N4O5/c1-6-9-20-32(46)35(48)31(24-28-18-14-11-15-19-28)42-37(50)34(29(7-2)8-3)43-36(49)30(23-27-16-12-10-13-17-27)25-33(47)45(5)22-21-44(4)26-38(39,40)41/h1-2,10,12-13,16-17,28-32,34-35,46,48H,8-9,11,14-15,18-26H2,3-5H3,(H,42,50)(H,43,49)/t29?,30-,31+,32+,34+,35-/m1/s1. The average molecular weight is 705 g/mol. The number of amides is 3. The maximum Gasteiger partial charge on any atom is 0.401 e. The number of likely N-dealkylation sites (N-methyl/N-ethyl adjacent to an activating group) is 2.